The summed E-state index contributed by atoms with van der Waals surface area (Å²) in [6.07, 6.45) is -3.73. The molecule has 2 rings (SSSR count). The number of aliphatic carboxylic acids is 1. The Balaban J connectivity index is 2.54. The molecule has 0 saturated heterocycles. The number of alkyl halides is 3. The van der Waals surface area contributed by atoms with Gasteiger partial charge in [0.15, 0.2) is 5.65 Å². The molecular formula is C10H8F3N3O2. The standard InChI is InChI=1S/C10H8F3N3O2/c11-10(12,13)9-15-6-2-1-4-14-8(6)16(9)5-3-7(17)18/h1-2,4H,3,5H2,(H,17,18). The minimum absolute atomic E-state index is 0.0334. The number of aryl methyl sites for hydroxylation is 1. The van der Waals surface area contributed by atoms with Crippen LogP contribution >= 0.6 is 0 Å². The average molecular weight is 259 g/mol. The lowest BCUT2D eigenvalue weighted by Crippen LogP contribution is -2.16. The molecule has 2 aromatic rings. The summed E-state index contributed by atoms with van der Waals surface area (Å²) in [4.78, 5) is 17.7. The Morgan fingerprint density at radius 2 is 2.17 bits per heavy atom. The highest BCUT2D eigenvalue weighted by atomic mass is 19.4. The highest BCUT2D eigenvalue weighted by Gasteiger charge is 2.37. The molecule has 8 heteroatoms. The fourth-order valence-corrected chi connectivity index (χ4v) is 1.59. The topological polar surface area (TPSA) is 68.0 Å². The van der Waals surface area contributed by atoms with E-state index < -0.39 is 24.4 Å². The minimum Gasteiger partial charge on any atom is -0.481 e. The van der Waals surface area contributed by atoms with Crippen molar-refractivity contribution in [1.82, 2.24) is 14.5 Å². The summed E-state index contributed by atoms with van der Waals surface area (Å²) >= 11 is 0. The third kappa shape index (κ3) is 2.27. The number of carbonyl (C=O) groups is 1. The van der Waals surface area contributed by atoms with Gasteiger partial charge in [0.1, 0.15) is 5.52 Å². The Morgan fingerprint density at radius 3 is 2.78 bits per heavy atom. The maximum atomic E-state index is 12.8. The molecule has 0 bridgehead atoms. The van der Waals surface area contributed by atoms with Crippen LogP contribution in [0, 0.1) is 0 Å². The number of pyridine rings is 1. The average Bonchev–Trinajstić information content (AvgIpc) is 2.64. The Labute approximate surface area is 98.9 Å². The van der Waals surface area contributed by atoms with Crippen molar-refractivity contribution in [1.29, 1.82) is 0 Å². The number of carboxylic acid groups (broad SMARTS) is 1. The van der Waals surface area contributed by atoms with Crippen LogP contribution in [-0.2, 0) is 17.5 Å². The largest absolute Gasteiger partial charge is 0.481 e. The Hall–Kier alpha value is -2.12. The van der Waals surface area contributed by atoms with Crippen LogP contribution in [-0.4, -0.2) is 25.6 Å². The fraction of sp³-hybridized carbons (Fsp3) is 0.300. The van der Waals surface area contributed by atoms with Gasteiger partial charge >= 0.3 is 12.1 Å². The fourth-order valence-electron chi connectivity index (χ4n) is 1.59. The lowest BCUT2D eigenvalue weighted by atomic mass is 10.4. The van der Waals surface area contributed by atoms with Crippen LogP contribution in [0.2, 0.25) is 0 Å². The summed E-state index contributed by atoms with van der Waals surface area (Å²) in [5.74, 6) is -2.31. The van der Waals surface area contributed by atoms with E-state index in [1.807, 2.05) is 0 Å². The van der Waals surface area contributed by atoms with Gasteiger partial charge < -0.3 is 9.67 Å². The van der Waals surface area contributed by atoms with Crippen molar-refractivity contribution in [2.75, 3.05) is 0 Å². The molecule has 0 spiro atoms. The molecule has 96 valence electrons. The van der Waals surface area contributed by atoms with Crippen molar-refractivity contribution in [3.63, 3.8) is 0 Å². The molecule has 0 aliphatic rings. The number of rotatable bonds is 3. The van der Waals surface area contributed by atoms with Crippen LogP contribution in [0.4, 0.5) is 13.2 Å². The van der Waals surface area contributed by atoms with Crippen LogP contribution in [0.15, 0.2) is 18.3 Å². The van der Waals surface area contributed by atoms with E-state index in [0.29, 0.717) is 0 Å². The third-order valence-electron chi connectivity index (χ3n) is 2.31. The quantitative estimate of drug-likeness (QED) is 0.914. The van der Waals surface area contributed by atoms with Crippen LogP contribution in [0.25, 0.3) is 11.2 Å². The molecule has 0 aromatic carbocycles. The number of hydrogen-bond acceptors (Lipinski definition) is 3. The van der Waals surface area contributed by atoms with E-state index in [1.54, 1.807) is 0 Å². The Morgan fingerprint density at radius 1 is 1.44 bits per heavy atom. The molecular weight excluding hydrogens is 251 g/mol. The van der Waals surface area contributed by atoms with E-state index in [2.05, 4.69) is 9.97 Å². The molecule has 0 radical (unpaired) electrons. The number of imidazole rings is 1. The third-order valence-corrected chi connectivity index (χ3v) is 2.31. The van der Waals surface area contributed by atoms with Gasteiger partial charge in [-0.2, -0.15) is 13.2 Å². The zero-order valence-electron chi connectivity index (χ0n) is 8.98. The predicted octanol–water partition coefficient (Wildman–Crippen LogP) is 1.92. The van der Waals surface area contributed by atoms with Crippen molar-refractivity contribution >= 4 is 17.1 Å². The molecule has 0 fully saturated rings. The van der Waals surface area contributed by atoms with Gasteiger partial charge in [-0.3, -0.25) is 4.79 Å². The summed E-state index contributed by atoms with van der Waals surface area (Å²) in [5, 5.41) is 8.54. The second-order valence-corrected chi connectivity index (χ2v) is 3.57. The van der Waals surface area contributed by atoms with Crippen molar-refractivity contribution in [2.45, 2.75) is 19.1 Å². The molecule has 0 aliphatic carbocycles. The van der Waals surface area contributed by atoms with E-state index in [4.69, 9.17) is 5.11 Å². The zero-order valence-corrected chi connectivity index (χ0v) is 8.98. The van der Waals surface area contributed by atoms with Gasteiger partial charge in [0, 0.05) is 12.7 Å². The number of aromatic nitrogens is 3. The zero-order chi connectivity index (χ0) is 13.3. The summed E-state index contributed by atoms with van der Waals surface area (Å²) in [6.45, 7) is -0.322. The highest BCUT2D eigenvalue weighted by Crippen LogP contribution is 2.30. The van der Waals surface area contributed by atoms with Crippen LogP contribution < -0.4 is 0 Å². The number of fused-ring (bicyclic) bond motifs is 1. The first-order valence-electron chi connectivity index (χ1n) is 5.00. The molecule has 0 amide bonds. The Kier molecular flexibility index (Phi) is 2.93. The van der Waals surface area contributed by atoms with Crippen molar-refractivity contribution in [2.24, 2.45) is 0 Å². The molecule has 0 aliphatic heterocycles. The number of nitrogens with zero attached hydrogens (tertiary/aromatic N) is 3. The first-order valence-corrected chi connectivity index (χ1v) is 5.00. The SMILES string of the molecule is O=C(O)CCn1c(C(F)(F)F)nc2cccnc21. The summed E-state index contributed by atoms with van der Waals surface area (Å²) in [6, 6.07) is 2.87. The van der Waals surface area contributed by atoms with Crippen LogP contribution in [0.3, 0.4) is 0 Å². The van der Waals surface area contributed by atoms with Crippen molar-refractivity contribution in [3.8, 4) is 0 Å². The number of hydrogen-bond donors (Lipinski definition) is 1. The van der Waals surface area contributed by atoms with E-state index in [0.717, 1.165) is 4.57 Å². The summed E-state index contributed by atoms with van der Waals surface area (Å²) < 4.78 is 39.0. The first-order chi connectivity index (χ1) is 8.39. The first kappa shape index (κ1) is 12.3. The smallest absolute Gasteiger partial charge is 0.449 e. The molecule has 18 heavy (non-hydrogen) atoms. The summed E-state index contributed by atoms with van der Waals surface area (Å²) in [5.41, 5.74) is 0.126. The van der Waals surface area contributed by atoms with Gasteiger partial charge in [-0.05, 0) is 12.1 Å². The monoisotopic (exact) mass is 259 g/mol. The summed E-state index contributed by atoms with van der Waals surface area (Å²) in [7, 11) is 0. The minimum atomic E-state index is -4.64. The maximum Gasteiger partial charge on any atom is 0.449 e. The maximum absolute atomic E-state index is 12.8. The van der Waals surface area contributed by atoms with E-state index >= 15 is 0 Å². The van der Waals surface area contributed by atoms with E-state index in [1.165, 1.54) is 18.3 Å². The molecule has 0 unspecified atom stereocenters. The number of halogens is 3. The van der Waals surface area contributed by atoms with Gasteiger partial charge in [0.2, 0.25) is 5.82 Å². The van der Waals surface area contributed by atoms with E-state index in [-0.39, 0.29) is 17.7 Å². The lowest BCUT2D eigenvalue weighted by Gasteiger charge is -2.09. The molecule has 2 aromatic heterocycles. The van der Waals surface area contributed by atoms with Crippen molar-refractivity contribution in [3.05, 3.63) is 24.2 Å². The predicted molar refractivity (Wildman–Crippen MR) is 54.8 cm³/mol. The van der Waals surface area contributed by atoms with Crippen molar-refractivity contribution < 1.29 is 23.1 Å². The molecule has 5 nitrogen and oxygen atoms in total. The second kappa shape index (κ2) is 4.28. The number of carboxylic acids is 1. The van der Waals surface area contributed by atoms with Gasteiger partial charge in [0.05, 0.1) is 6.42 Å². The van der Waals surface area contributed by atoms with Crippen LogP contribution in [0.5, 0.6) is 0 Å². The van der Waals surface area contributed by atoms with Crippen LogP contribution in [0.1, 0.15) is 12.2 Å². The molecule has 1 N–H and O–H groups in total. The van der Waals surface area contributed by atoms with Gasteiger partial charge in [-0.1, -0.05) is 0 Å². The van der Waals surface area contributed by atoms with Gasteiger partial charge in [0.25, 0.3) is 0 Å². The Bertz CT molecular complexity index is 592. The molecule has 2 heterocycles. The normalized spacial score (nSPS) is 11.9. The highest BCUT2D eigenvalue weighted by molar-refractivity contribution is 5.72. The van der Waals surface area contributed by atoms with Gasteiger partial charge in [-0.25, -0.2) is 9.97 Å². The van der Waals surface area contributed by atoms with Gasteiger partial charge in [-0.15, -0.1) is 0 Å². The van der Waals surface area contributed by atoms with E-state index in [9.17, 15) is 18.0 Å². The lowest BCUT2D eigenvalue weighted by molar-refractivity contribution is -0.148. The molecule has 0 saturated carbocycles. The second-order valence-electron chi connectivity index (χ2n) is 3.57. The molecule has 0 atom stereocenters.